The Morgan fingerprint density at radius 1 is 1.07 bits per heavy atom. The molecule has 0 atom stereocenters. The summed E-state index contributed by atoms with van der Waals surface area (Å²) in [5, 5.41) is 2.42. The number of rotatable bonds is 4. The van der Waals surface area contributed by atoms with Crippen LogP contribution in [0.1, 0.15) is 34.3 Å². The fraction of sp³-hybridized carbons (Fsp3) is 0.529. The molecule has 1 aliphatic heterocycles. The van der Waals surface area contributed by atoms with Gasteiger partial charge in [-0.05, 0) is 37.0 Å². The maximum atomic E-state index is 12.9. The SMILES string of the molecule is [C-]#[N+]CN1CCC(CNC(=O)c2cc(C(F)(F)F)cc(C(F)(F)F)c2)CC1. The van der Waals surface area contributed by atoms with Crippen molar-refractivity contribution >= 4 is 5.91 Å². The van der Waals surface area contributed by atoms with Gasteiger partial charge in [-0.1, -0.05) is 0 Å². The monoisotopic (exact) mass is 393 g/mol. The van der Waals surface area contributed by atoms with Crippen molar-refractivity contribution in [3.8, 4) is 0 Å². The highest BCUT2D eigenvalue weighted by atomic mass is 19.4. The molecule has 0 spiro atoms. The van der Waals surface area contributed by atoms with Crippen molar-refractivity contribution in [2.24, 2.45) is 5.92 Å². The highest BCUT2D eigenvalue weighted by Crippen LogP contribution is 2.36. The Bertz CT molecular complexity index is 683. The first-order valence-corrected chi connectivity index (χ1v) is 8.14. The van der Waals surface area contributed by atoms with Gasteiger partial charge in [0.2, 0.25) is 0 Å². The number of carbonyl (C=O) groups is 1. The number of piperidine rings is 1. The van der Waals surface area contributed by atoms with Gasteiger partial charge in [0.05, 0.1) is 11.1 Å². The molecule has 1 aromatic carbocycles. The van der Waals surface area contributed by atoms with Gasteiger partial charge in [0, 0.05) is 25.2 Å². The van der Waals surface area contributed by atoms with E-state index in [1.807, 2.05) is 4.90 Å². The number of halogens is 6. The van der Waals surface area contributed by atoms with Gasteiger partial charge in [0.1, 0.15) is 0 Å². The van der Waals surface area contributed by atoms with Gasteiger partial charge < -0.3 is 5.32 Å². The summed E-state index contributed by atoms with van der Waals surface area (Å²) in [5.41, 5.74) is -3.72. The molecule has 0 aliphatic carbocycles. The van der Waals surface area contributed by atoms with Crippen LogP contribution in [-0.4, -0.2) is 37.1 Å². The van der Waals surface area contributed by atoms with Crippen LogP contribution >= 0.6 is 0 Å². The smallest absolute Gasteiger partial charge is 0.352 e. The average molecular weight is 393 g/mol. The summed E-state index contributed by atoms with van der Waals surface area (Å²) >= 11 is 0. The lowest BCUT2D eigenvalue weighted by Gasteiger charge is -2.28. The molecule has 148 valence electrons. The highest BCUT2D eigenvalue weighted by molar-refractivity contribution is 5.94. The zero-order chi connectivity index (χ0) is 20.2. The number of alkyl halides is 6. The Balaban J connectivity index is 2.06. The lowest BCUT2D eigenvalue weighted by Crippen LogP contribution is -2.38. The second-order valence-corrected chi connectivity index (χ2v) is 6.37. The minimum absolute atomic E-state index is 0.0101. The molecule has 1 fully saturated rings. The Hall–Kier alpha value is -2.28. The maximum Gasteiger partial charge on any atom is 0.416 e. The maximum absolute atomic E-state index is 12.9. The molecule has 1 N–H and O–H groups in total. The number of nitrogens with one attached hydrogen (secondary N) is 1. The summed E-state index contributed by atoms with van der Waals surface area (Å²) in [7, 11) is 0. The molecule has 1 aliphatic rings. The summed E-state index contributed by atoms with van der Waals surface area (Å²) in [6, 6.07) is 0.829. The van der Waals surface area contributed by atoms with E-state index in [0.29, 0.717) is 38.1 Å². The van der Waals surface area contributed by atoms with Crippen molar-refractivity contribution in [2.75, 3.05) is 26.3 Å². The Labute approximate surface area is 152 Å². The zero-order valence-electron chi connectivity index (χ0n) is 14.1. The third-order valence-corrected chi connectivity index (χ3v) is 4.38. The van der Waals surface area contributed by atoms with E-state index in [0.717, 1.165) is 0 Å². The van der Waals surface area contributed by atoms with Gasteiger partial charge in [0.25, 0.3) is 12.6 Å². The van der Waals surface area contributed by atoms with E-state index in [1.54, 1.807) is 0 Å². The number of amides is 1. The highest BCUT2D eigenvalue weighted by Gasteiger charge is 2.37. The minimum Gasteiger partial charge on any atom is -0.352 e. The predicted molar refractivity (Wildman–Crippen MR) is 84.5 cm³/mol. The number of benzene rings is 1. The molecule has 0 aromatic heterocycles. The van der Waals surface area contributed by atoms with Gasteiger partial charge in [-0.2, -0.15) is 26.3 Å². The second kappa shape index (κ2) is 8.17. The average Bonchev–Trinajstić information content (AvgIpc) is 2.59. The summed E-state index contributed by atoms with van der Waals surface area (Å²) in [5.74, 6) is -0.918. The van der Waals surface area contributed by atoms with E-state index in [4.69, 9.17) is 6.57 Å². The van der Waals surface area contributed by atoms with E-state index in [2.05, 4.69) is 10.2 Å². The number of nitrogens with zero attached hydrogens (tertiary/aromatic N) is 2. The molecule has 0 saturated carbocycles. The van der Waals surface area contributed by atoms with Gasteiger partial charge in [-0.15, -0.1) is 0 Å². The van der Waals surface area contributed by atoms with Crippen LogP contribution < -0.4 is 5.32 Å². The van der Waals surface area contributed by atoms with Crippen molar-refractivity contribution < 1.29 is 31.1 Å². The van der Waals surface area contributed by atoms with Crippen LogP contribution in [0.4, 0.5) is 26.3 Å². The van der Waals surface area contributed by atoms with E-state index in [9.17, 15) is 31.1 Å². The number of hydrogen-bond acceptors (Lipinski definition) is 2. The lowest BCUT2D eigenvalue weighted by atomic mass is 9.97. The molecular weight excluding hydrogens is 376 g/mol. The van der Waals surface area contributed by atoms with Crippen LogP contribution in [0.15, 0.2) is 18.2 Å². The summed E-state index contributed by atoms with van der Waals surface area (Å²) < 4.78 is 77.1. The second-order valence-electron chi connectivity index (χ2n) is 6.37. The molecule has 10 heteroatoms. The summed E-state index contributed by atoms with van der Waals surface area (Å²) in [4.78, 5) is 17.3. The topological polar surface area (TPSA) is 36.7 Å². The summed E-state index contributed by atoms with van der Waals surface area (Å²) in [6.07, 6.45) is -8.61. The van der Waals surface area contributed by atoms with Gasteiger partial charge in [-0.25, -0.2) is 11.5 Å². The van der Waals surface area contributed by atoms with Gasteiger partial charge in [-0.3, -0.25) is 9.64 Å². The first-order valence-electron chi connectivity index (χ1n) is 8.14. The molecular formula is C17H17F6N3O. The number of likely N-dealkylation sites (tertiary alicyclic amines) is 1. The van der Waals surface area contributed by atoms with Crippen molar-refractivity contribution in [3.63, 3.8) is 0 Å². The Morgan fingerprint density at radius 2 is 1.59 bits per heavy atom. The first-order chi connectivity index (χ1) is 12.5. The normalized spacial score (nSPS) is 16.8. The van der Waals surface area contributed by atoms with Crippen molar-refractivity contribution in [1.82, 2.24) is 10.2 Å². The molecule has 0 bridgehead atoms. The third kappa shape index (κ3) is 5.85. The molecule has 1 aromatic rings. The summed E-state index contributed by atoms with van der Waals surface area (Å²) in [6.45, 7) is 8.56. The van der Waals surface area contributed by atoms with Gasteiger partial charge in [0.15, 0.2) is 0 Å². The van der Waals surface area contributed by atoms with Crippen LogP contribution in [0, 0.1) is 12.5 Å². The van der Waals surface area contributed by atoms with Crippen molar-refractivity contribution in [1.29, 1.82) is 0 Å². The van der Waals surface area contributed by atoms with Crippen molar-refractivity contribution in [2.45, 2.75) is 25.2 Å². The van der Waals surface area contributed by atoms with Crippen LogP contribution in [0.5, 0.6) is 0 Å². The van der Waals surface area contributed by atoms with Gasteiger partial charge >= 0.3 is 12.4 Å². The number of carbonyl (C=O) groups excluding carboxylic acids is 1. The molecule has 27 heavy (non-hydrogen) atoms. The molecule has 1 heterocycles. The first kappa shape index (κ1) is 21.0. The quantitative estimate of drug-likeness (QED) is 0.619. The van der Waals surface area contributed by atoms with Crippen LogP contribution in [0.3, 0.4) is 0 Å². The fourth-order valence-electron chi connectivity index (χ4n) is 2.86. The standard InChI is InChI=1S/C17H17F6N3O/c1-24-10-26-4-2-11(3-5-26)9-25-15(27)12-6-13(16(18,19)20)8-14(7-12)17(21,22)23/h6-8,11H,2-5,9-10H2,(H,25,27). The van der Waals surface area contributed by atoms with E-state index < -0.39 is 35.0 Å². The fourth-order valence-corrected chi connectivity index (χ4v) is 2.86. The molecule has 1 saturated heterocycles. The third-order valence-electron chi connectivity index (χ3n) is 4.38. The minimum atomic E-state index is -4.99. The largest absolute Gasteiger partial charge is 0.416 e. The van der Waals surface area contributed by atoms with E-state index >= 15 is 0 Å². The van der Waals surface area contributed by atoms with E-state index in [1.165, 1.54) is 0 Å². The van der Waals surface area contributed by atoms with Crippen LogP contribution in [0.25, 0.3) is 4.85 Å². The Kier molecular flexibility index (Phi) is 6.36. The Morgan fingerprint density at radius 3 is 2.04 bits per heavy atom. The lowest BCUT2D eigenvalue weighted by molar-refractivity contribution is -0.143. The molecule has 1 amide bonds. The molecule has 2 rings (SSSR count). The molecule has 4 nitrogen and oxygen atoms in total. The zero-order valence-corrected chi connectivity index (χ0v) is 14.1. The van der Waals surface area contributed by atoms with Crippen LogP contribution in [-0.2, 0) is 12.4 Å². The van der Waals surface area contributed by atoms with Crippen molar-refractivity contribution in [3.05, 3.63) is 46.3 Å². The molecule has 0 radical (unpaired) electrons. The van der Waals surface area contributed by atoms with E-state index in [-0.39, 0.29) is 25.2 Å². The molecule has 0 unspecified atom stereocenters. The number of hydrogen-bond donors (Lipinski definition) is 1. The predicted octanol–water partition coefficient (Wildman–Crippen LogP) is 4.04. The van der Waals surface area contributed by atoms with Crippen LogP contribution in [0.2, 0.25) is 0 Å².